The summed E-state index contributed by atoms with van der Waals surface area (Å²) in [6.07, 6.45) is 4.45. The van der Waals surface area contributed by atoms with Crippen molar-refractivity contribution in [3.8, 4) is 22.5 Å². The van der Waals surface area contributed by atoms with Gasteiger partial charge in [-0.1, -0.05) is 61.9 Å². The molecule has 0 spiro atoms. The molecule has 0 saturated heterocycles. The van der Waals surface area contributed by atoms with Gasteiger partial charge in [-0.25, -0.2) is 9.97 Å². The first-order chi connectivity index (χ1) is 16.2. The molecule has 0 unspecified atom stereocenters. The van der Waals surface area contributed by atoms with Crippen LogP contribution in [0.5, 0.6) is 0 Å². The van der Waals surface area contributed by atoms with Crippen molar-refractivity contribution in [1.82, 2.24) is 35.9 Å². The van der Waals surface area contributed by atoms with Gasteiger partial charge in [0, 0.05) is 31.8 Å². The fraction of sp³-hybridized carbons (Fsp3) is 0.250. The summed E-state index contributed by atoms with van der Waals surface area (Å²) in [4.78, 5) is 21.2. The number of nitrogens with one attached hydrogen (secondary N) is 3. The van der Waals surface area contributed by atoms with Gasteiger partial charge in [-0.3, -0.25) is 4.79 Å². The number of nitrogens with zero attached hydrogens (tertiary/aromatic N) is 5. The summed E-state index contributed by atoms with van der Waals surface area (Å²) in [5, 5.41) is 20.3. The normalized spacial score (nSPS) is 10.7. The van der Waals surface area contributed by atoms with Gasteiger partial charge >= 0.3 is 0 Å². The zero-order valence-electron chi connectivity index (χ0n) is 18.7. The minimum atomic E-state index is -0.215. The third kappa shape index (κ3) is 5.20. The average Bonchev–Trinajstić information content (AvgIpc) is 3.41. The molecule has 0 aliphatic heterocycles. The van der Waals surface area contributed by atoms with Crippen molar-refractivity contribution >= 4 is 11.7 Å². The lowest BCUT2D eigenvalue weighted by Gasteiger charge is -2.12. The lowest BCUT2D eigenvalue weighted by Crippen LogP contribution is -2.21. The molecule has 0 atom stereocenters. The monoisotopic (exact) mass is 442 g/mol. The van der Waals surface area contributed by atoms with Gasteiger partial charge in [0.2, 0.25) is 5.82 Å². The lowest BCUT2D eigenvalue weighted by atomic mass is 9.98. The Hall–Kier alpha value is -4.14. The van der Waals surface area contributed by atoms with Gasteiger partial charge in [0.1, 0.15) is 17.2 Å². The highest BCUT2D eigenvalue weighted by Crippen LogP contribution is 2.29. The van der Waals surface area contributed by atoms with E-state index in [1.165, 1.54) is 0 Å². The Morgan fingerprint density at radius 2 is 1.85 bits per heavy atom. The summed E-state index contributed by atoms with van der Waals surface area (Å²) in [5.74, 6) is 1.62. The minimum absolute atomic E-state index is 0.215. The third-order valence-corrected chi connectivity index (χ3v) is 5.30. The molecule has 1 amide bonds. The van der Waals surface area contributed by atoms with E-state index in [0.717, 1.165) is 47.3 Å². The fourth-order valence-corrected chi connectivity index (χ4v) is 3.50. The maximum absolute atomic E-state index is 12.3. The molecule has 0 aliphatic rings. The summed E-state index contributed by atoms with van der Waals surface area (Å²) < 4.78 is 0. The molecule has 4 aromatic rings. The summed E-state index contributed by atoms with van der Waals surface area (Å²) >= 11 is 0. The Kier molecular flexibility index (Phi) is 6.99. The molecule has 168 valence electrons. The van der Waals surface area contributed by atoms with E-state index < -0.39 is 0 Å². The number of unbranched alkanes of at least 4 members (excludes halogenated alkanes) is 1. The standard InChI is InChI=1S/C24H26N8O/c1-3-4-9-21-26-15-20(24(33)25-2)22(28-21)27-14-16-10-12-17(13-11-16)18-7-5-6-8-19(18)23-29-31-32-30-23/h5-8,10-13,15H,3-4,9,14H2,1-2H3,(H,25,33)(H,26,27,28)(H,29,30,31,32). The molecule has 0 saturated carbocycles. The number of rotatable bonds is 9. The number of aryl methyl sites for hydroxylation is 1. The van der Waals surface area contributed by atoms with E-state index in [1.54, 1.807) is 13.2 Å². The Bertz CT molecular complexity index is 1210. The molecular weight excluding hydrogens is 416 g/mol. The van der Waals surface area contributed by atoms with Crippen molar-refractivity contribution in [2.45, 2.75) is 32.7 Å². The molecule has 2 heterocycles. The third-order valence-electron chi connectivity index (χ3n) is 5.30. The summed E-state index contributed by atoms with van der Waals surface area (Å²) in [6.45, 7) is 2.66. The lowest BCUT2D eigenvalue weighted by molar-refractivity contribution is 0.0963. The predicted octanol–water partition coefficient (Wildman–Crippen LogP) is 3.64. The van der Waals surface area contributed by atoms with Crippen LogP contribution in [0.1, 0.15) is 41.5 Å². The van der Waals surface area contributed by atoms with Crippen molar-refractivity contribution < 1.29 is 4.79 Å². The van der Waals surface area contributed by atoms with Gasteiger partial charge in [-0.05, 0) is 28.3 Å². The molecule has 33 heavy (non-hydrogen) atoms. The van der Waals surface area contributed by atoms with Crippen molar-refractivity contribution in [2.24, 2.45) is 0 Å². The maximum Gasteiger partial charge on any atom is 0.256 e. The van der Waals surface area contributed by atoms with Crippen LogP contribution in [0.15, 0.2) is 54.7 Å². The van der Waals surface area contributed by atoms with Crippen LogP contribution < -0.4 is 10.6 Å². The molecule has 0 fully saturated rings. The van der Waals surface area contributed by atoms with Crippen LogP contribution in [0.25, 0.3) is 22.5 Å². The number of hydrogen-bond acceptors (Lipinski definition) is 7. The van der Waals surface area contributed by atoms with Crippen molar-refractivity contribution in [3.05, 3.63) is 71.7 Å². The highest BCUT2D eigenvalue weighted by molar-refractivity contribution is 5.98. The Morgan fingerprint density at radius 3 is 2.55 bits per heavy atom. The van der Waals surface area contributed by atoms with E-state index in [1.807, 2.05) is 36.4 Å². The summed E-state index contributed by atoms with van der Waals surface area (Å²) in [7, 11) is 1.60. The van der Waals surface area contributed by atoms with E-state index in [-0.39, 0.29) is 5.91 Å². The van der Waals surface area contributed by atoms with Crippen LogP contribution in [-0.2, 0) is 13.0 Å². The molecule has 0 bridgehead atoms. The molecule has 3 N–H and O–H groups in total. The highest BCUT2D eigenvalue weighted by atomic mass is 16.1. The molecule has 2 aromatic carbocycles. The number of aromatic nitrogens is 6. The highest BCUT2D eigenvalue weighted by Gasteiger charge is 2.14. The van der Waals surface area contributed by atoms with Crippen LogP contribution >= 0.6 is 0 Å². The number of amides is 1. The van der Waals surface area contributed by atoms with Gasteiger partial charge in [-0.2, -0.15) is 5.21 Å². The number of anilines is 1. The van der Waals surface area contributed by atoms with Crippen molar-refractivity contribution in [3.63, 3.8) is 0 Å². The van der Waals surface area contributed by atoms with E-state index >= 15 is 0 Å². The summed E-state index contributed by atoms with van der Waals surface area (Å²) in [5.41, 5.74) is 4.48. The average molecular weight is 443 g/mol. The van der Waals surface area contributed by atoms with E-state index in [9.17, 15) is 4.79 Å². The second-order valence-corrected chi connectivity index (χ2v) is 7.56. The van der Waals surface area contributed by atoms with Crippen LogP contribution in [-0.4, -0.2) is 43.5 Å². The van der Waals surface area contributed by atoms with Crippen molar-refractivity contribution in [1.29, 1.82) is 0 Å². The number of aromatic amines is 1. The number of carbonyl (C=O) groups excluding carboxylic acids is 1. The van der Waals surface area contributed by atoms with Crippen LogP contribution in [0.2, 0.25) is 0 Å². The molecule has 2 aromatic heterocycles. The number of benzene rings is 2. The maximum atomic E-state index is 12.3. The van der Waals surface area contributed by atoms with Crippen LogP contribution in [0, 0.1) is 0 Å². The van der Waals surface area contributed by atoms with E-state index in [4.69, 9.17) is 0 Å². The molecule has 4 rings (SSSR count). The number of carbonyl (C=O) groups is 1. The minimum Gasteiger partial charge on any atom is -0.365 e. The number of tetrazole rings is 1. The molecule has 9 nitrogen and oxygen atoms in total. The quantitative estimate of drug-likeness (QED) is 0.362. The first-order valence-corrected chi connectivity index (χ1v) is 10.9. The second-order valence-electron chi connectivity index (χ2n) is 7.56. The largest absolute Gasteiger partial charge is 0.365 e. The molecule has 0 aliphatic carbocycles. The second kappa shape index (κ2) is 10.4. The van der Waals surface area contributed by atoms with Crippen LogP contribution in [0.3, 0.4) is 0 Å². The SMILES string of the molecule is CCCCc1ncc(C(=O)NC)c(NCc2ccc(-c3ccccc3-c3nn[nH]n3)cc2)n1. The van der Waals surface area contributed by atoms with Gasteiger partial charge in [-0.15, -0.1) is 10.2 Å². The molecular formula is C24H26N8O. The van der Waals surface area contributed by atoms with Crippen LogP contribution in [0.4, 0.5) is 5.82 Å². The van der Waals surface area contributed by atoms with E-state index in [2.05, 4.69) is 60.3 Å². The zero-order chi connectivity index (χ0) is 23.0. The smallest absolute Gasteiger partial charge is 0.256 e. The van der Waals surface area contributed by atoms with Gasteiger partial charge < -0.3 is 10.6 Å². The Balaban J connectivity index is 1.52. The Morgan fingerprint density at radius 1 is 1.06 bits per heavy atom. The Labute approximate surface area is 192 Å². The molecule has 9 heteroatoms. The molecule has 0 radical (unpaired) electrons. The topological polar surface area (TPSA) is 121 Å². The fourth-order valence-electron chi connectivity index (χ4n) is 3.50. The first kappa shape index (κ1) is 22.1. The predicted molar refractivity (Wildman–Crippen MR) is 126 cm³/mol. The van der Waals surface area contributed by atoms with Crippen molar-refractivity contribution in [2.75, 3.05) is 12.4 Å². The first-order valence-electron chi connectivity index (χ1n) is 10.9. The zero-order valence-corrected chi connectivity index (χ0v) is 18.7. The summed E-state index contributed by atoms with van der Waals surface area (Å²) in [6, 6.07) is 16.2. The number of H-pyrrole nitrogens is 1. The van der Waals surface area contributed by atoms with E-state index in [0.29, 0.717) is 23.8 Å². The number of hydrogen-bond donors (Lipinski definition) is 3. The van der Waals surface area contributed by atoms with Gasteiger partial charge in [0.15, 0.2) is 0 Å². The van der Waals surface area contributed by atoms with Gasteiger partial charge in [0.25, 0.3) is 5.91 Å². The van der Waals surface area contributed by atoms with Gasteiger partial charge in [0.05, 0.1) is 0 Å².